The zero-order valence-electron chi connectivity index (χ0n) is 18.1. The summed E-state index contributed by atoms with van der Waals surface area (Å²) in [6.07, 6.45) is 3.46. The molecule has 1 saturated heterocycles. The van der Waals surface area contributed by atoms with E-state index in [1.807, 2.05) is 30.3 Å². The molecule has 2 rings (SSSR count). The van der Waals surface area contributed by atoms with Gasteiger partial charge in [0.2, 0.25) is 6.10 Å². The highest BCUT2D eigenvalue weighted by molar-refractivity contribution is 5.94. The van der Waals surface area contributed by atoms with Gasteiger partial charge in [0, 0.05) is 30.3 Å². The first-order valence-corrected chi connectivity index (χ1v) is 10.6. The number of aliphatic hydroxyl groups is 1. The molecule has 1 aromatic rings. The van der Waals surface area contributed by atoms with E-state index in [0.717, 1.165) is 18.4 Å². The fourth-order valence-electron chi connectivity index (χ4n) is 3.54. The second-order valence-corrected chi connectivity index (χ2v) is 7.89. The van der Waals surface area contributed by atoms with Crippen LogP contribution in [-0.2, 0) is 11.2 Å². The van der Waals surface area contributed by atoms with Gasteiger partial charge in [0.05, 0.1) is 6.61 Å². The number of benzene rings is 1. The quantitative estimate of drug-likeness (QED) is 0.450. The molecule has 1 aromatic carbocycles. The van der Waals surface area contributed by atoms with E-state index in [1.54, 1.807) is 6.08 Å². The van der Waals surface area contributed by atoms with Gasteiger partial charge in [-0.3, -0.25) is 0 Å². The van der Waals surface area contributed by atoms with Gasteiger partial charge in [-0.2, -0.15) is 13.2 Å². The number of alkyl halides is 3. The lowest BCUT2D eigenvalue weighted by Gasteiger charge is -2.32. The van der Waals surface area contributed by atoms with E-state index in [2.05, 4.69) is 17.6 Å². The molecule has 5 nitrogen and oxygen atoms in total. The van der Waals surface area contributed by atoms with Crippen molar-refractivity contribution in [3.05, 3.63) is 47.5 Å². The maximum atomic E-state index is 12.7. The molecule has 0 bridgehead atoms. The van der Waals surface area contributed by atoms with Crippen molar-refractivity contribution in [2.45, 2.75) is 44.9 Å². The summed E-state index contributed by atoms with van der Waals surface area (Å²) in [5.41, 5.74) is 2.45. The van der Waals surface area contributed by atoms with E-state index in [-0.39, 0.29) is 24.9 Å². The number of nitrogens with zero attached hydrogens (tertiary/aromatic N) is 1. The Balaban J connectivity index is 1.84. The number of likely N-dealkylation sites (tertiary alicyclic amines) is 1. The van der Waals surface area contributed by atoms with Crippen molar-refractivity contribution in [3.8, 4) is 12.3 Å². The molecule has 0 radical (unpaired) electrons. The van der Waals surface area contributed by atoms with E-state index >= 15 is 0 Å². The first-order valence-electron chi connectivity index (χ1n) is 10.6. The highest BCUT2D eigenvalue weighted by atomic mass is 19.4. The molecule has 2 N–H and O–H groups in total. The topological polar surface area (TPSA) is 73.6 Å². The highest BCUT2D eigenvalue weighted by Crippen LogP contribution is 2.25. The van der Waals surface area contributed by atoms with E-state index in [1.165, 1.54) is 10.5 Å². The number of carbonyl (C=O) groups is 1. The van der Waals surface area contributed by atoms with Crippen LogP contribution in [0.2, 0.25) is 0 Å². The Bertz CT molecular complexity index is 836. The normalized spacial score (nSPS) is 17.1. The van der Waals surface area contributed by atoms with Crippen LogP contribution in [0.5, 0.6) is 0 Å². The summed E-state index contributed by atoms with van der Waals surface area (Å²) >= 11 is 0. The Morgan fingerprint density at radius 3 is 2.47 bits per heavy atom. The van der Waals surface area contributed by atoms with Gasteiger partial charge in [0.15, 0.2) is 0 Å². The molecule has 32 heavy (non-hydrogen) atoms. The van der Waals surface area contributed by atoms with Gasteiger partial charge in [-0.1, -0.05) is 31.1 Å². The molecular weight excluding hydrogens is 421 g/mol. The summed E-state index contributed by atoms with van der Waals surface area (Å²) in [6, 6.07) is 7.83. The van der Waals surface area contributed by atoms with Crippen molar-refractivity contribution < 1.29 is 27.8 Å². The van der Waals surface area contributed by atoms with Crippen LogP contribution >= 0.6 is 0 Å². The molecule has 1 fully saturated rings. The zero-order valence-corrected chi connectivity index (χ0v) is 18.1. The molecule has 8 heteroatoms. The Labute approximate surface area is 186 Å². The maximum absolute atomic E-state index is 12.7. The molecule has 174 valence electrons. The second kappa shape index (κ2) is 11.7. The molecule has 0 saturated carbocycles. The van der Waals surface area contributed by atoms with E-state index < -0.39 is 25.0 Å². The predicted octanol–water partition coefficient (Wildman–Crippen LogP) is 4.58. The number of amides is 1. The molecular formula is C24H29F3N2O3. The van der Waals surface area contributed by atoms with Crippen LogP contribution < -0.4 is 0 Å². The number of nitrogens with one attached hydrogen (secondary N) is 1. The number of carbonyl (C=O) groups excluding carboxylic acids is 1. The Kier molecular flexibility index (Phi) is 9.33. The fraction of sp³-hybridized carbons (Fsp3) is 0.500. The van der Waals surface area contributed by atoms with Gasteiger partial charge in [0.25, 0.3) is 0 Å². The number of terminal acetylenes is 1. The van der Waals surface area contributed by atoms with Crippen molar-refractivity contribution in [2.24, 2.45) is 11.8 Å². The summed E-state index contributed by atoms with van der Waals surface area (Å²) in [7, 11) is 0. The number of hydrogen-bond acceptors (Lipinski definition) is 4. The van der Waals surface area contributed by atoms with E-state index in [4.69, 9.17) is 16.9 Å². The van der Waals surface area contributed by atoms with Crippen molar-refractivity contribution >= 4 is 11.8 Å². The monoisotopic (exact) mass is 450 g/mol. The zero-order chi connectivity index (χ0) is 23.7. The van der Waals surface area contributed by atoms with Crippen LogP contribution in [-0.4, -0.2) is 53.8 Å². The van der Waals surface area contributed by atoms with Gasteiger partial charge in [0.1, 0.15) is 0 Å². The number of ether oxygens (including phenoxy) is 1. The number of piperidine rings is 1. The Morgan fingerprint density at radius 1 is 1.34 bits per heavy atom. The van der Waals surface area contributed by atoms with E-state index in [9.17, 15) is 18.0 Å². The molecule has 1 aliphatic heterocycles. The average Bonchev–Trinajstić information content (AvgIpc) is 2.79. The molecule has 2 atom stereocenters. The molecule has 1 unspecified atom stereocenters. The molecule has 0 spiro atoms. The van der Waals surface area contributed by atoms with Crippen molar-refractivity contribution in [1.82, 2.24) is 4.90 Å². The maximum Gasteiger partial charge on any atom is 0.427 e. The predicted molar refractivity (Wildman–Crippen MR) is 116 cm³/mol. The number of rotatable bonds is 8. The van der Waals surface area contributed by atoms with Gasteiger partial charge >= 0.3 is 12.3 Å². The molecule has 1 aliphatic rings. The highest BCUT2D eigenvalue weighted by Gasteiger charge is 2.43. The first kappa shape index (κ1) is 25.5. The van der Waals surface area contributed by atoms with Crippen molar-refractivity contribution in [3.63, 3.8) is 0 Å². The third kappa shape index (κ3) is 7.41. The molecule has 1 amide bonds. The van der Waals surface area contributed by atoms with Gasteiger partial charge in [-0.05, 0) is 55.4 Å². The SMILES string of the molecule is C#Cc1ccc(CC(/C=C\C(=N)C2CCN(C(=O)O[C@H](CO)C(F)(F)F)CC2)CC)cc1. The lowest BCUT2D eigenvalue weighted by molar-refractivity contribution is -0.214. The van der Waals surface area contributed by atoms with Crippen molar-refractivity contribution in [1.29, 1.82) is 5.41 Å². The number of halogens is 3. The first-order chi connectivity index (χ1) is 15.2. The number of hydrogen-bond donors (Lipinski definition) is 2. The van der Waals surface area contributed by atoms with Crippen molar-refractivity contribution in [2.75, 3.05) is 19.7 Å². The van der Waals surface area contributed by atoms with Gasteiger partial charge < -0.3 is 20.2 Å². The third-order valence-corrected chi connectivity index (χ3v) is 5.66. The summed E-state index contributed by atoms with van der Waals surface area (Å²) < 4.78 is 42.4. The summed E-state index contributed by atoms with van der Waals surface area (Å²) in [5, 5.41) is 17.2. The second-order valence-electron chi connectivity index (χ2n) is 7.89. The average molecular weight is 451 g/mol. The van der Waals surface area contributed by atoms with Crippen LogP contribution in [0.15, 0.2) is 36.4 Å². The van der Waals surface area contributed by atoms with Crippen LogP contribution in [0.1, 0.15) is 37.3 Å². The van der Waals surface area contributed by atoms with Gasteiger partial charge in [-0.25, -0.2) is 4.79 Å². The summed E-state index contributed by atoms with van der Waals surface area (Å²) in [4.78, 5) is 13.2. The molecule has 1 heterocycles. The van der Waals surface area contributed by atoms with Gasteiger partial charge in [-0.15, -0.1) is 6.42 Å². The summed E-state index contributed by atoms with van der Waals surface area (Å²) in [5.74, 6) is 2.78. The third-order valence-electron chi connectivity index (χ3n) is 5.66. The van der Waals surface area contributed by atoms with Crippen LogP contribution in [0.4, 0.5) is 18.0 Å². The Hall–Kier alpha value is -2.79. The fourth-order valence-corrected chi connectivity index (χ4v) is 3.54. The lowest BCUT2D eigenvalue weighted by Crippen LogP contribution is -2.45. The Morgan fingerprint density at radius 2 is 1.97 bits per heavy atom. The minimum absolute atomic E-state index is 0.0704. The molecule has 0 aliphatic carbocycles. The van der Waals surface area contributed by atoms with Crippen LogP contribution in [0, 0.1) is 29.6 Å². The number of aliphatic hydroxyl groups excluding tert-OH is 1. The van der Waals surface area contributed by atoms with Crippen LogP contribution in [0.3, 0.4) is 0 Å². The minimum Gasteiger partial charge on any atom is -0.434 e. The van der Waals surface area contributed by atoms with Crippen LogP contribution in [0.25, 0.3) is 0 Å². The lowest BCUT2D eigenvalue weighted by atomic mass is 9.90. The largest absolute Gasteiger partial charge is 0.434 e. The standard InChI is InChI=1S/C24H29F3N2O3/c1-3-17-5-7-19(8-6-17)15-18(4-2)9-10-21(28)20-11-13-29(14-12-20)23(31)32-22(16-30)24(25,26)27/h1,5-10,18,20,22,28,30H,4,11-16H2,2H3/b10-9-,28-21?/t18?,22-/m1/s1. The number of allylic oxidation sites excluding steroid dienone is 2. The van der Waals surface area contributed by atoms with E-state index in [0.29, 0.717) is 18.6 Å². The molecule has 0 aromatic heterocycles. The minimum atomic E-state index is -4.81. The smallest absolute Gasteiger partial charge is 0.427 e. The summed E-state index contributed by atoms with van der Waals surface area (Å²) in [6.45, 7) is 1.18.